The first-order chi connectivity index (χ1) is 15.3. The molecule has 0 saturated heterocycles. The molecular formula is C23H22N4O5. The number of esters is 2. The average molecular weight is 434 g/mol. The molecule has 3 aromatic rings. The minimum atomic E-state index is -0.648. The lowest BCUT2D eigenvalue weighted by Gasteiger charge is -2.12. The number of carbonyl (C=O) groups is 3. The van der Waals surface area contributed by atoms with Crippen molar-refractivity contribution in [2.24, 2.45) is 0 Å². The zero-order valence-corrected chi connectivity index (χ0v) is 18.1. The van der Waals surface area contributed by atoms with Gasteiger partial charge in [-0.3, -0.25) is 4.79 Å². The molecule has 0 fully saturated rings. The van der Waals surface area contributed by atoms with Crippen molar-refractivity contribution < 1.29 is 23.9 Å². The number of hydrogen-bond acceptors (Lipinski definition) is 8. The summed E-state index contributed by atoms with van der Waals surface area (Å²) in [7, 11) is 2.47. The van der Waals surface area contributed by atoms with E-state index >= 15 is 0 Å². The summed E-state index contributed by atoms with van der Waals surface area (Å²) in [5, 5.41) is 5.75. The first kappa shape index (κ1) is 22.4. The van der Waals surface area contributed by atoms with E-state index in [4.69, 9.17) is 9.47 Å². The summed E-state index contributed by atoms with van der Waals surface area (Å²) in [6.07, 6.45) is 0. The lowest BCUT2D eigenvalue weighted by Crippen LogP contribution is -2.16. The second kappa shape index (κ2) is 9.69. The molecule has 164 valence electrons. The molecule has 1 aromatic heterocycles. The van der Waals surface area contributed by atoms with Crippen molar-refractivity contribution in [2.75, 3.05) is 24.9 Å². The topological polar surface area (TPSA) is 120 Å². The molecule has 0 radical (unpaired) electrons. The molecule has 2 aromatic carbocycles. The van der Waals surface area contributed by atoms with E-state index in [2.05, 4.69) is 20.6 Å². The SMILES string of the molecule is COC(=O)c1ccc(C(=O)OC)c(NC(=O)c2ccc(Nc3nc(C)cc(C)n3)cc2)c1. The highest BCUT2D eigenvalue weighted by Crippen LogP contribution is 2.21. The van der Waals surface area contributed by atoms with Crippen LogP contribution in [0.2, 0.25) is 0 Å². The van der Waals surface area contributed by atoms with Crippen LogP contribution >= 0.6 is 0 Å². The Hall–Kier alpha value is -4.27. The highest BCUT2D eigenvalue weighted by molar-refractivity contribution is 6.09. The fourth-order valence-electron chi connectivity index (χ4n) is 2.99. The number of nitrogens with zero attached hydrogens (tertiary/aromatic N) is 2. The van der Waals surface area contributed by atoms with Gasteiger partial charge in [0.1, 0.15) is 0 Å². The summed E-state index contributed by atoms with van der Waals surface area (Å²) in [5.74, 6) is -1.25. The van der Waals surface area contributed by atoms with Crippen molar-refractivity contribution in [1.29, 1.82) is 0 Å². The van der Waals surface area contributed by atoms with Crippen LogP contribution in [0.1, 0.15) is 42.5 Å². The van der Waals surface area contributed by atoms with Gasteiger partial charge in [-0.2, -0.15) is 0 Å². The van der Waals surface area contributed by atoms with Crippen molar-refractivity contribution in [1.82, 2.24) is 9.97 Å². The van der Waals surface area contributed by atoms with Crippen LogP contribution in [0.25, 0.3) is 0 Å². The molecule has 1 heterocycles. The summed E-state index contributed by atoms with van der Waals surface area (Å²) < 4.78 is 9.45. The number of ether oxygens (including phenoxy) is 2. The molecule has 0 aliphatic heterocycles. The molecule has 2 N–H and O–H groups in total. The first-order valence-corrected chi connectivity index (χ1v) is 9.62. The molecule has 0 atom stereocenters. The lowest BCUT2D eigenvalue weighted by molar-refractivity contribution is 0.0587. The van der Waals surface area contributed by atoms with Crippen molar-refractivity contribution >= 4 is 35.2 Å². The quantitative estimate of drug-likeness (QED) is 0.564. The molecule has 1 amide bonds. The van der Waals surface area contributed by atoms with Crippen LogP contribution in [-0.2, 0) is 9.47 Å². The van der Waals surface area contributed by atoms with Gasteiger partial charge in [-0.05, 0) is 62.4 Å². The standard InChI is InChI=1S/C23H22N4O5/c1-13-11-14(2)25-23(24-13)26-17-8-5-15(6-9-17)20(28)27-19-12-16(21(29)31-3)7-10-18(19)22(30)32-4/h5-12H,1-4H3,(H,27,28)(H,24,25,26). The van der Waals surface area contributed by atoms with E-state index in [1.54, 1.807) is 24.3 Å². The third kappa shape index (κ3) is 5.25. The fraction of sp³-hybridized carbons (Fsp3) is 0.174. The molecule has 0 spiro atoms. The largest absolute Gasteiger partial charge is 0.465 e. The Morgan fingerprint density at radius 3 is 1.97 bits per heavy atom. The van der Waals surface area contributed by atoms with Gasteiger partial charge in [0.05, 0.1) is 31.0 Å². The predicted molar refractivity (Wildman–Crippen MR) is 118 cm³/mol. The summed E-state index contributed by atoms with van der Waals surface area (Å²) >= 11 is 0. The summed E-state index contributed by atoms with van der Waals surface area (Å²) in [6, 6.07) is 12.7. The maximum absolute atomic E-state index is 12.8. The number of carbonyl (C=O) groups excluding carboxylic acids is 3. The number of aromatic nitrogens is 2. The van der Waals surface area contributed by atoms with E-state index in [9.17, 15) is 14.4 Å². The van der Waals surface area contributed by atoms with E-state index < -0.39 is 17.8 Å². The number of amides is 1. The van der Waals surface area contributed by atoms with Gasteiger partial charge in [0.25, 0.3) is 5.91 Å². The lowest BCUT2D eigenvalue weighted by atomic mass is 10.1. The first-order valence-electron chi connectivity index (χ1n) is 9.62. The minimum Gasteiger partial charge on any atom is -0.465 e. The van der Waals surface area contributed by atoms with Crippen LogP contribution < -0.4 is 10.6 Å². The average Bonchev–Trinajstić information content (AvgIpc) is 2.77. The normalized spacial score (nSPS) is 10.2. The Morgan fingerprint density at radius 1 is 0.781 bits per heavy atom. The van der Waals surface area contributed by atoms with E-state index in [1.807, 2.05) is 19.9 Å². The Kier molecular flexibility index (Phi) is 6.79. The van der Waals surface area contributed by atoms with Crippen molar-refractivity contribution in [3.8, 4) is 0 Å². The molecule has 9 nitrogen and oxygen atoms in total. The maximum atomic E-state index is 12.8. The third-order valence-corrected chi connectivity index (χ3v) is 4.48. The highest BCUT2D eigenvalue weighted by atomic mass is 16.5. The van der Waals surface area contributed by atoms with Gasteiger partial charge in [0.15, 0.2) is 0 Å². The number of nitrogens with one attached hydrogen (secondary N) is 2. The van der Waals surface area contributed by atoms with Gasteiger partial charge in [-0.15, -0.1) is 0 Å². The zero-order valence-electron chi connectivity index (χ0n) is 18.1. The molecule has 3 rings (SSSR count). The Balaban J connectivity index is 1.80. The number of benzene rings is 2. The predicted octanol–water partition coefficient (Wildman–Crippen LogP) is 3.66. The second-order valence-electron chi connectivity index (χ2n) is 6.87. The van der Waals surface area contributed by atoms with E-state index in [1.165, 1.54) is 32.4 Å². The molecule has 0 aliphatic rings. The van der Waals surface area contributed by atoms with Crippen LogP contribution in [0.3, 0.4) is 0 Å². The maximum Gasteiger partial charge on any atom is 0.339 e. The van der Waals surface area contributed by atoms with Crippen LogP contribution in [0.5, 0.6) is 0 Å². The molecular weight excluding hydrogens is 412 g/mol. The Labute approximate surface area is 184 Å². The molecule has 9 heteroatoms. The fourth-order valence-corrected chi connectivity index (χ4v) is 2.99. The Bertz CT molecular complexity index is 1160. The van der Waals surface area contributed by atoms with Gasteiger partial charge < -0.3 is 20.1 Å². The number of hydrogen-bond donors (Lipinski definition) is 2. The monoisotopic (exact) mass is 434 g/mol. The number of rotatable bonds is 6. The highest BCUT2D eigenvalue weighted by Gasteiger charge is 2.18. The summed E-state index contributed by atoms with van der Waals surface area (Å²) in [5.41, 5.74) is 3.15. The number of methoxy groups -OCH3 is 2. The summed E-state index contributed by atoms with van der Waals surface area (Å²) in [6.45, 7) is 3.76. The minimum absolute atomic E-state index is 0.110. The number of anilines is 3. The van der Waals surface area contributed by atoms with Crippen LogP contribution in [0.4, 0.5) is 17.3 Å². The van der Waals surface area contributed by atoms with E-state index in [-0.39, 0.29) is 16.8 Å². The smallest absolute Gasteiger partial charge is 0.339 e. The van der Waals surface area contributed by atoms with Gasteiger partial charge in [-0.1, -0.05) is 0 Å². The number of aryl methyl sites for hydroxylation is 2. The van der Waals surface area contributed by atoms with Gasteiger partial charge in [-0.25, -0.2) is 19.6 Å². The van der Waals surface area contributed by atoms with Crippen molar-refractivity contribution in [2.45, 2.75) is 13.8 Å². The van der Waals surface area contributed by atoms with Crippen LogP contribution in [0, 0.1) is 13.8 Å². The van der Waals surface area contributed by atoms with Gasteiger partial charge in [0, 0.05) is 22.6 Å². The molecule has 0 bridgehead atoms. The van der Waals surface area contributed by atoms with E-state index in [0.717, 1.165) is 11.4 Å². The third-order valence-electron chi connectivity index (χ3n) is 4.48. The molecule has 32 heavy (non-hydrogen) atoms. The van der Waals surface area contributed by atoms with Crippen LogP contribution in [-0.4, -0.2) is 42.0 Å². The van der Waals surface area contributed by atoms with Crippen molar-refractivity contribution in [3.63, 3.8) is 0 Å². The van der Waals surface area contributed by atoms with E-state index in [0.29, 0.717) is 17.2 Å². The zero-order chi connectivity index (χ0) is 23.3. The summed E-state index contributed by atoms with van der Waals surface area (Å²) in [4.78, 5) is 45.3. The van der Waals surface area contributed by atoms with Crippen molar-refractivity contribution in [3.05, 3.63) is 76.6 Å². The van der Waals surface area contributed by atoms with Gasteiger partial charge in [0.2, 0.25) is 5.95 Å². The second-order valence-corrected chi connectivity index (χ2v) is 6.87. The van der Waals surface area contributed by atoms with Gasteiger partial charge >= 0.3 is 11.9 Å². The molecule has 0 unspecified atom stereocenters. The van der Waals surface area contributed by atoms with Crippen LogP contribution in [0.15, 0.2) is 48.5 Å². The molecule has 0 aliphatic carbocycles. The Morgan fingerprint density at radius 2 is 1.38 bits per heavy atom. The molecule has 0 saturated carbocycles.